The van der Waals surface area contributed by atoms with Gasteiger partial charge in [-0.25, -0.2) is 0 Å². The fraction of sp³-hybridized carbons (Fsp3) is 0.0455. The van der Waals surface area contributed by atoms with E-state index in [9.17, 15) is 4.79 Å². The summed E-state index contributed by atoms with van der Waals surface area (Å²) in [5.41, 5.74) is 3.27. The van der Waals surface area contributed by atoms with Crippen LogP contribution in [0.2, 0.25) is 5.02 Å². The molecular formula is C22H15Br2ClN4O2. The van der Waals surface area contributed by atoms with Gasteiger partial charge in [-0.3, -0.25) is 4.79 Å². The normalized spacial score (nSPS) is 11.2. The van der Waals surface area contributed by atoms with Crippen LogP contribution in [-0.2, 0) is 4.79 Å². The zero-order valence-corrected chi connectivity index (χ0v) is 20.1. The second kappa shape index (κ2) is 9.21. The number of carbonyl (C=O) groups is 1. The summed E-state index contributed by atoms with van der Waals surface area (Å²) in [6, 6.07) is 16.7. The Morgan fingerprint density at radius 1 is 1.10 bits per heavy atom. The molecule has 0 aliphatic carbocycles. The maximum atomic E-state index is 12.5. The van der Waals surface area contributed by atoms with Crippen LogP contribution < -0.4 is 10.1 Å². The molecule has 0 bridgehead atoms. The molecule has 0 unspecified atom stereocenters. The summed E-state index contributed by atoms with van der Waals surface area (Å²) < 4.78 is 7.03. The van der Waals surface area contributed by atoms with Crippen LogP contribution in [0, 0.1) is 0 Å². The highest BCUT2D eigenvalue weighted by molar-refractivity contribution is 9.11. The fourth-order valence-electron chi connectivity index (χ4n) is 2.97. The second-order valence-electron chi connectivity index (χ2n) is 6.48. The highest BCUT2D eigenvalue weighted by Crippen LogP contribution is 2.33. The lowest BCUT2D eigenvalue weighted by molar-refractivity contribution is -0.111. The van der Waals surface area contributed by atoms with Crippen LogP contribution in [0.3, 0.4) is 0 Å². The summed E-state index contributed by atoms with van der Waals surface area (Å²) in [6.45, 7) is 0. The number of anilines is 1. The molecule has 1 amide bonds. The number of nitrogens with zero attached hydrogens (tertiary/aromatic N) is 3. The van der Waals surface area contributed by atoms with E-state index in [0.29, 0.717) is 27.5 Å². The van der Waals surface area contributed by atoms with E-state index in [0.717, 1.165) is 20.2 Å². The molecule has 4 aromatic rings. The zero-order valence-electron chi connectivity index (χ0n) is 16.1. The standard InChI is InChI=1S/C22H15Br2ClN4O2/c1-31-22-13(9-14(23)10-16(22)24)7-8-21(30)26-18-12-20-19(11-17(18)25)27-29(28-20)15-5-3-2-4-6-15/h2-12H,1H3,(H,26,30). The van der Waals surface area contributed by atoms with Gasteiger partial charge in [-0.2, -0.15) is 4.80 Å². The van der Waals surface area contributed by atoms with Gasteiger partial charge in [-0.05, 0) is 58.4 Å². The number of nitrogens with one attached hydrogen (secondary N) is 1. The molecule has 0 saturated heterocycles. The predicted octanol–water partition coefficient (Wildman–Crippen LogP) is 6.26. The third-order valence-corrected chi connectivity index (χ3v) is 5.73. The van der Waals surface area contributed by atoms with Gasteiger partial charge in [0, 0.05) is 16.1 Å². The minimum Gasteiger partial charge on any atom is -0.495 e. The first kappa shape index (κ1) is 21.5. The van der Waals surface area contributed by atoms with Crippen LogP contribution in [0.15, 0.2) is 69.6 Å². The Morgan fingerprint density at radius 2 is 1.81 bits per heavy atom. The Balaban J connectivity index is 1.58. The summed E-state index contributed by atoms with van der Waals surface area (Å²) in [7, 11) is 1.57. The van der Waals surface area contributed by atoms with E-state index in [-0.39, 0.29) is 5.91 Å². The molecule has 0 radical (unpaired) electrons. The summed E-state index contributed by atoms with van der Waals surface area (Å²) in [6.07, 6.45) is 3.08. The molecule has 156 valence electrons. The average Bonchev–Trinajstić information content (AvgIpc) is 3.15. The number of hydrogen-bond donors (Lipinski definition) is 1. The third-order valence-electron chi connectivity index (χ3n) is 4.37. The van der Waals surface area contributed by atoms with Crippen LogP contribution in [0.5, 0.6) is 5.75 Å². The number of halogens is 3. The lowest BCUT2D eigenvalue weighted by Crippen LogP contribution is -2.08. The van der Waals surface area contributed by atoms with Crippen molar-refractivity contribution in [2.45, 2.75) is 0 Å². The van der Waals surface area contributed by atoms with Crippen molar-refractivity contribution < 1.29 is 9.53 Å². The van der Waals surface area contributed by atoms with Crippen LogP contribution in [0.1, 0.15) is 5.56 Å². The average molecular weight is 563 g/mol. The lowest BCUT2D eigenvalue weighted by Gasteiger charge is -2.08. The largest absolute Gasteiger partial charge is 0.495 e. The predicted molar refractivity (Wildman–Crippen MR) is 130 cm³/mol. The number of methoxy groups -OCH3 is 1. The number of benzene rings is 3. The van der Waals surface area contributed by atoms with E-state index in [1.54, 1.807) is 25.3 Å². The van der Waals surface area contributed by atoms with E-state index in [1.807, 2.05) is 42.5 Å². The number of aromatic nitrogens is 3. The smallest absolute Gasteiger partial charge is 0.248 e. The molecule has 0 aliphatic rings. The molecule has 1 aromatic heterocycles. The minimum absolute atomic E-state index is 0.338. The highest BCUT2D eigenvalue weighted by atomic mass is 79.9. The molecule has 9 heteroatoms. The fourth-order valence-corrected chi connectivity index (χ4v) is 4.60. The number of amides is 1. The van der Waals surface area contributed by atoms with Gasteiger partial charge >= 0.3 is 0 Å². The van der Waals surface area contributed by atoms with Crippen molar-refractivity contribution in [1.82, 2.24) is 15.0 Å². The Hall–Kier alpha value is -2.68. The summed E-state index contributed by atoms with van der Waals surface area (Å²) in [5, 5.41) is 12.1. The molecule has 0 atom stereocenters. The Kier molecular flexibility index (Phi) is 6.41. The SMILES string of the molecule is COc1c(Br)cc(Br)cc1C=CC(=O)Nc1cc2nn(-c3ccccc3)nc2cc1Cl. The molecule has 3 aromatic carbocycles. The van der Waals surface area contributed by atoms with Gasteiger partial charge in [0.25, 0.3) is 0 Å². The van der Waals surface area contributed by atoms with Gasteiger partial charge in [-0.1, -0.05) is 45.7 Å². The van der Waals surface area contributed by atoms with Gasteiger partial charge in [-0.15, -0.1) is 10.2 Å². The lowest BCUT2D eigenvalue weighted by atomic mass is 10.2. The van der Waals surface area contributed by atoms with E-state index < -0.39 is 0 Å². The maximum Gasteiger partial charge on any atom is 0.248 e. The monoisotopic (exact) mass is 560 g/mol. The third kappa shape index (κ3) is 4.81. The van der Waals surface area contributed by atoms with Crippen molar-refractivity contribution in [2.24, 2.45) is 0 Å². The van der Waals surface area contributed by atoms with Gasteiger partial charge in [0.05, 0.1) is 28.0 Å². The van der Waals surface area contributed by atoms with Crippen LogP contribution in [0.25, 0.3) is 22.8 Å². The summed E-state index contributed by atoms with van der Waals surface area (Å²) in [4.78, 5) is 14.0. The second-order valence-corrected chi connectivity index (χ2v) is 8.66. The molecule has 6 nitrogen and oxygen atoms in total. The van der Waals surface area contributed by atoms with Gasteiger partial charge in [0.1, 0.15) is 16.8 Å². The molecule has 1 heterocycles. The molecular weight excluding hydrogens is 548 g/mol. The number of fused-ring (bicyclic) bond motifs is 1. The molecule has 0 aliphatic heterocycles. The van der Waals surface area contributed by atoms with Crippen molar-refractivity contribution in [3.05, 3.63) is 80.2 Å². The Bertz CT molecular complexity index is 1310. The van der Waals surface area contributed by atoms with E-state index >= 15 is 0 Å². The topological polar surface area (TPSA) is 69.0 Å². The van der Waals surface area contributed by atoms with Crippen molar-refractivity contribution in [2.75, 3.05) is 12.4 Å². The van der Waals surface area contributed by atoms with Crippen LogP contribution in [-0.4, -0.2) is 28.0 Å². The first-order valence-electron chi connectivity index (χ1n) is 9.09. The number of rotatable bonds is 5. The summed E-state index contributed by atoms with van der Waals surface area (Å²) in [5.74, 6) is 0.291. The molecule has 0 saturated carbocycles. The summed E-state index contributed by atoms with van der Waals surface area (Å²) >= 11 is 13.2. The Labute approximate surface area is 200 Å². The maximum absolute atomic E-state index is 12.5. The molecule has 1 N–H and O–H groups in total. The van der Waals surface area contributed by atoms with Crippen molar-refractivity contribution in [3.63, 3.8) is 0 Å². The van der Waals surface area contributed by atoms with Crippen molar-refractivity contribution >= 4 is 72.2 Å². The number of carbonyl (C=O) groups excluding carboxylic acids is 1. The first-order valence-corrected chi connectivity index (χ1v) is 11.0. The molecule has 31 heavy (non-hydrogen) atoms. The minimum atomic E-state index is -0.338. The van der Waals surface area contributed by atoms with E-state index in [4.69, 9.17) is 16.3 Å². The number of ether oxygens (including phenoxy) is 1. The van der Waals surface area contributed by atoms with Crippen LogP contribution in [0.4, 0.5) is 5.69 Å². The quantitative estimate of drug-likeness (QED) is 0.292. The van der Waals surface area contributed by atoms with Crippen LogP contribution >= 0.6 is 43.5 Å². The number of hydrogen-bond acceptors (Lipinski definition) is 4. The van der Waals surface area contributed by atoms with Crippen molar-refractivity contribution in [3.8, 4) is 11.4 Å². The molecule has 4 rings (SSSR count). The highest BCUT2D eigenvalue weighted by Gasteiger charge is 2.12. The van der Waals surface area contributed by atoms with Gasteiger partial charge < -0.3 is 10.1 Å². The molecule has 0 spiro atoms. The van der Waals surface area contributed by atoms with E-state index in [2.05, 4.69) is 47.4 Å². The van der Waals surface area contributed by atoms with Gasteiger partial charge in [0.15, 0.2) is 0 Å². The number of para-hydroxylation sites is 1. The van der Waals surface area contributed by atoms with Crippen molar-refractivity contribution in [1.29, 1.82) is 0 Å². The Morgan fingerprint density at radius 3 is 2.52 bits per heavy atom. The first-order chi connectivity index (χ1) is 14.9. The molecule has 0 fully saturated rings. The zero-order chi connectivity index (χ0) is 22.0. The van der Waals surface area contributed by atoms with E-state index in [1.165, 1.54) is 10.9 Å². The van der Waals surface area contributed by atoms with Gasteiger partial charge in [0.2, 0.25) is 5.91 Å².